The minimum absolute atomic E-state index is 0.0950. The van der Waals surface area contributed by atoms with Gasteiger partial charge in [0, 0.05) is 18.3 Å². The summed E-state index contributed by atoms with van der Waals surface area (Å²) in [4.78, 5) is 14.5. The lowest BCUT2D eigenvalue weighted by Crippen LogP contribution is -2.41. The molecule has 1 amide bonds. The second-order valence-electron chi connectivity index (χ2n) is 6.03. The molecule has 0 heterocycles. The third kappa shape index (κ3) is 3.30. The summed E-state index contributed by atoms with van der Waals surface area (Å²) < 4.78 is 13.9. The van der Waals surface area contributed by atoms with E-state index in [0.29, 0.717) is 18.2 Å². The maximum absolute atomic E-state index is 13.9. The van der Waals surface area contributed by atoms with Gasteiger partial charge in [0.1, 0.15) is 5.82 Å². The van der Waals surface area contributed by atoms with Crippen molar-refractivity contribution in [2.45, 2.75) is 45.6 Å². The summed E-state index contributed by atoms with van der Waals surface area (Å²) in [6.07, 6.45) is 4.32. The number of carbonyl (C=O) groups is 1. The number of anilines is 1. The Labute approximate surface area is 120 Å². The van der Waals surface area contributed by atoms with Gasteiger partial charge >= 0.3 is 0 Å². The highest BCUT2D eigenvalue weighted by molar-refractivity contribution is 5.95. The van der Waals surface area contributed by atoms with Crippen molar-refractivity contribution >= 4 is 11.6 Å². The zero-order valence-electron chi connectivity index (χ0n) is 12.2. The van der Waals surface area contributed by atoms with E-state index in [0.717, 1.165) is 25.7 Å². The SMILES string of the molecule is CC(C)CN(C(=O)c1cc(N)ccc1F)C1CCCC1. The van der Waals surface area contributed by atoms with Gasteiger partial charge < -0.3 is 10.6 Å². The summed E-state index contributed by atoms with van der Waals surface area (Å²) in [6.45, 7) is 4.81. The van der Waals surface area contributed by atoms with E-state index in [1.165, 1.54) is 18.2 Å². The summed E-state index contributed by atoms with van der Waals surface area (Å²) in [6, 6.07) is 4.44. The van der Waals surface area contributed by atoms with E-state index in [2.05, 4.69) is 13.8 Å². The zero-order chi connectivity index (χ0) is 14.7. The Morgan fingerprint density at radius 1 is 1.40 bits per heavy atom. The number of rotatable bonds is 4. The van der Waals surface area contributed by atoms with Crippen molar-refractivity contribution in [3.8, 4) is 0 Å². The van der Waals surface area contributed by atoms with Crippen LogP contribution in [-0.4, -0.2) is 23.4 Å². The molecule has 20 heavy (non-hydrogen) atoms. The normalized spacial score (nSPS) is 15.8. The molecule has 0 spiro atoms. The second-order valence-corrected chi connectivity index (χ2v) is 6.03. The van der Waals surface area contributed by atoms with Gasteiger partial charge in [0.25, 0.3) is 5.91 Å². The van der Waals surface area contributed by atoms with E-state index in [1.54, 1.807) is 0 Å². The van der Waals surface area contributed by atoms with Crippen LogP contribution in [-0.2, 0) is 0 Å². The number of nitrogens with two attached hydrogens (primary N) is 1. The lowest BCUT2D eigenvalue weighted by Gasteiger charge is -2.31. The fourth-order valence-electron chi connectivity index (χ4n) is 2.87. The molecule has 1 fully saturated rings. The molecule has 0 bridgehead atoms. The maximum atomic E-state index is 13.9. The van der Waals surface area contributed by atoms with Gasteiger partial charge in [-0.1, -0.05) is 26.7 Å². The Balaban J connectivity index is 2.27. The van der Waals surface area contributed by atoms with Crippen molar-refractivity contribution in [1.82, 2.24) is 4.90 Å². The first-order valence-corrected chi connectivity index (χ1v) is 7.35. The van der Waals surface area contributed by atoms with Crippen molar-refractivity contribution in [2.75, 3.05) is 12.3 Å². The molecule has 1 aromatic carbocycles. The van der Waals surface area contributed by atoms with Gasteiger partial charge in [0.2, 0.25) is 0 Å². The van der Waals surface area contributed by atoms with Gasteiger partial charge in [-0.3, -0.25) is 4.79 Å². The summed E-state index contributed by atoms with van der Waals surface area (Å²) in [5.74, 6) is -0.352. The van der Waals surface area contributed by atoms with E-state index in [-0.39, 0.29) is 17.5 Å². The Bertz CT molecular complexity index is 481. The van der Waals surface area contributed by atoms with Crippen LogP contribution in [0.4, 0.5) is 10.1 Å². The van der Waals surface area contributed by atoms with Gasteiger partial charge in [-0.15, -0.1) is 0 Å². The number of halogens is 1. The first kappa shape index (κ1) is 14.8. The minimum atomic E-state index is -0.490. The van der Waals surface area contributed by atoms with Gasteiger partial charge in [0.05, 0.1) is 5.56 Å². The fourth-order valence-corrected chi connectivity index (χ4v) is 2.87. The molecule has 2 N–H and O–H groups in total. The van der Waals surface area contributed by atoms with Crippen molar-refractivity contribution in [3.05, 3.63) is 29.6 Å². The highest BCUT2D eigenvalue weighted by Crippen LogP contribution is 2.26. The van der Waals surface area contributed by atoms with Crippen LogP contribution >= 0.6 is 0 Å². The third-order valence-electron chi connectivity index (χ3n) is 3.81. The van der Waals surface area contributed by atoms with Crippen LogP contribution in [0.25, 0.3) is 0 Å². The summed E-state index contributed by atoms with van der Waals surface area (Å²) >= 11 is 0. The van der Waals surface area contributed by atoms with Crippen molar-refractivity contribution in [2.24, 2.45) is 5.92 Å². The van der Waals surface area contributed by atoms with E-state index in [1.807, 2.05) is 4.90 Å². The molecule has 0 unspecified atom stereocenters. The first-order valence-electron chi connectivity index (χ1n) is 7.35. The van der Waals surface area contributed by atoms with Crippen molar-refractivity contribution < 1.29 is 9.18 Å². The predicted molar refractivity (Wildman–Crippen MR) is 78.9 cm³/mol. The molecule has 1 aromatic rings. The topological polar surface area (TPSA) is 46.3 Å². The standard InChI is InChI=1S/C16H23FN2O/c1-11(2)10-19(13-5-3-4-6-13)16(20)14-9-12(18)7-8-15(14)17/h7-9,11,13H,3-6,10,18H2,1-2H3. The van der Waals surface area contributed by atoms with Crippen LogP contribution in [0.15, 0.2) is 18.2 Å². The van der Waals surface area contributed by atoms with Gasteiger partial charge in [-0.05, 0) is 37.0 Å². The molecule has 2 rings (SSSR count). The van der Waals surface area contributed by atoms with Crippen LogP contribution in [0.3, 0.4) is 0 Å². The Morgan fingerprint density at radius 2 is 2.05 bits per heavy atom. The largest absolute Gasteiger partial charge is 0.399 e. The molecule has 1 saturated carbocycles. The highest BCUT2D eigenvalue weighted by Gasteiger charge is 2.29. The van der Waals surface area contributed by atoms with Gasteiger partial charge in [-0.25, -0.2) is 4.39 Å². The van der Waals surface area contributed by atoms with Crippen LogP contribution in [0, 0.1) is 11.7 Å². The zero-order valence-corrected chi connectivity index (χ0v) is 12.2. The Morgan fingerprint density at radius 3 is 2.65 bits per heavy atom. The maximum Gasteiger partial charge on any atom is 0.257 e. The third-order valence-corrected chi connectivity index (χ3v) is 3.81. The number of amides is 1. The quantitative estimate of drug-likeness (QED) is 0.857. The number of hydrogen-bond donors (Lipinski definition) is 1. The monoisotopic (exact) mass is 278 g/mol. The number of carbonyl (C=O) groups excluding carboxylic acids is 1. The summed E-state index contributed by atoms with van der Waals surface area (Å²) in [5.41, 5.74) is 6.20. The van der Waals surface area contributed by atoms with E-state index >= 15 is 0 Å². The highest BCUT2D eigenvalue weighted by atomic mass is 19.1. The molecule has 0 aromatic heterocycles. The number of benzene rings is 1. The smallest absolute Gasteiger partial charge is 0.257 e. The van der Waals surface area contributed by atoms with Crippen LogP contribution < -0.4 is 5.73 Å². The molecular weight excluding hydrogens is 255 g/mol. The van der Waals surface area contributed by atoms with E-state index in [9.17, 15) is 9.18 Å². The molecule has 0 radical (unpaired) electrons. The first-order chi connectivity index (χ1) is 9.49. The Kier molecular flexibility index (Phi) is 4.63. The molecule has 110 valence electrons. The number of nitrogens with zero attached hydrogens (tertiary/aromatic N) is 1. The van der Waals surface area contributed by atoms with Gasteiger partial charge in [-0.2, -0.15) is 0 Å². The minimum Gasteiger partial charge on any atom is -0.399 e. The predicted octanol–water partition coefficient (Wildman–Crippen LogP) is 3.45. The summed E-state index contributed by atoms with van der Waals surface area (Å²) in [7, 11) is 0. The molecule has 4 heteroatoms. The van der Waals surface area contributed by atoms with Crippen molar-refractivity contribution in [3.63, 3.8) is 0 Å². The lowest BCUT2D eigenvalue weighted by atomic mass is 10.1. The molecule has 0 saturated heterocycles. The average Bonchev–Trinajstić information content (AvgIpc) is 2.91. The molecule has 0 atom stereocenters. The summed E-state index contributed by atoms with van der Waals surface area (Å²) in [5, 5.41) is 0. The molecule has 1 aliphatic rings. The second kappa shape index (κ2) is 6.25. The Hall–Kier alpha value is -1.58. The molecular formula is C16H23FN2O. The van der Waals surface area contributed by atoms with E-state index in [4.69, 9.17) is 5.73 Å². The van der Waals surface area contributed by atoms with E-state index < -0.39 is 5.82 Å². The molecule has 1 aliphatic carbocycles. The number of hydrogen-bond acceptors (Lipinski definition) is 2. The molecule has 3 nitrogen and oxygen atoms in total. The van der Waals surface area contributed by atoms with Crippen LogP contribution in [0.1, 0.15) is 49.9 Å². The fraction of sp³-hybridized carbons (Fsp3) is 0.562. The van der Waals surface area contributed by atoms with Crippen LogP contribution in [0.5, 0.6) is 0 Å². The number of nitrogen functional groups attached to an aromatic ring is 1. The molecule has 0 aliphatic heterocycles. The van der Waals surface area contributed by atoms with Crippen molar-refractivity contribution in [1.29, 1.82) is 0 Å². The van der Waals surface area contributed by atoms with Crippen LogP contribution in [0.2, 0.25) is 0 Å². The average molecular weight is 278 g/mol. The van der Waals surface area contributed by atoms with Gasteiger partial charge in [0.15, 0.2) is 0 Å². The lowest BCUT2D eigenvalue weighted by molar-refractivity contribution is 0.0651.